The molecule has 0 heterocycles. The van der Waals surface area contributed by atoms with Gasteiger partial charge in [-0.25, -0.2) is 4.79 Å². The van der Waals surface area contributed by atoms with Crippen LogP contribution in [-0.4, -0.2) is 11.1 Å². The molecule has 0 rings (SSSR count). The second-order valence-electron chi connectivity index (χ2n) is 5.33. The smallest absolute Gasteiger partial charge is 0.337 e. The topological polar surface area (TPSA) is 37.3 Å². The van der Waals surface area contributed by atoms with Crippen LogP contribution in [-0.2, 0) is 4.79 Å². The van der Waals surface area contributed by atoms with Crippen LogP contribution in [0.5, 0.6) is 0 Å². The SMILES string of the molecule is CCCCCCCCCCCCCC(C(=O)O)=C(F)F. The molecule has 0 bridgehead atoms. The lowest BCUT2D eigenvalue weighted by molar-refractivity contribution is -0.133. The fourth-order valence-electron chi connectivity index (χ4n) is 2.25. The maximum atomic E-state index is 12.3. The summed E-state index contributed by atoms with van der Waals surface area (Å²) >= 11 is 0. The Kier molecular flexibility index (Phi) is 12.5. The zero-order valence-corrected chi connectivity index (χ0v) is 12.6. The molecule has 0 aliphatic heterocycles. The van der Waals surface area contributed by atoms with Gasteiger partial charge in [0.25, 0.3) is 6.08 Å². The number of rotatable bonds is 13. The number of carbonyl (C=O) groups is 1. The van der Waals surface area contributed by atoms with Crippen LogP contribution in [0.1, 0.15) is 84.0 Å². The monoisotopic (exact) mass is 290 g/mol. The Balaban J connectivity index is 3.37. The summed E-state index contributed by atoms with van der Waals surface area (Å²) in [6.07, 6.45) is 10.4. The predicted octanol–water partition coefficient (Wildman–Crippen LogP) is 5.92. The number of carboxylic acids is 1. The first-order valence-electron chi connectivity index (χ1n) is 7.87. The molecule has 0 fully saturated rings. The molecule has 118 valence electrons. The van der Waals surface area contributed by atoms with Crippen molar-refractivity contribution < 1.29 is 18.7 Å². The van der Waals surface area contributed by atoms with E-state index in [1.54, 1.807) is 0 Å². The summed E-state index contributed by atoms with van der Waals surface area (Å²) in [5.74, 6) is -1.49. The van der Waals surface area contributed by atoms with Crippen LogP contribution in [0, 0.1) is 0 Å². The van der Waals surface area contributed by atoms with Crippen molar-refractivity contribution in [2.24, 2.45) is 0 Å². The van der Waals surface area contributed by atoms with E-state index in [9.17, 15) is 13.6 Å². The van der Waals surface area contributed by atoms with E-state index in [4.69, 9.17) is 5.11 Å². The minimum absolute atomic E-state index is 0.0192. The number of hydrogen-bond acceptors (Lipinski definition) is 1. The first-order chi connectivity index (χ1) is 9.59. The van der Waals surface area contributed by atoms with E-state index in [-0.39, 0.29) is 6.42 Å². The van der Waals surface area contributed by atoms with Gasteiger partial charge in [0.1, 0.15) is 5.57 Å². The molecule has 4 heteroatoms. The first-order valence-corrected chi connectivity index (χ1v) is 7.87. The molecule has 0 aromatic rings. The van der Waals surface area contributed by atoms with Gasteiger partial charge in [-0.2, -0.15) is 8.78 Å². The standard InChI is InChI=1S/C16H28F2O2/c1-2-3-4-5-6-7-8-9-10-11-12-13-14(15(17)18)16(19)20/h2-13H2,1H3,(H,19,20). The minimum atomic E-state index is -2.05. The third-order valence-corrected chi connectivity index (χ3v) is 3.52. The van der Waals surface area contributed by atoms with Gasteiger partial charge in [-0.1, -0.05) is 71.1 Å². The number of hydrogen-bond donors (Lipinski definition) is 1. The fourth-order valence-corrected chi connectivity index (χ4v) is 2.25. The van der Waals surface area contributed by atoms with Gasteiger partial charge in [0.15, 0.2) is 0 Å². The lowest BCUT2D eigenvalue weighted by Crippen LogP contribution is -2.01. The van der Waals surface area contributed by atoms with E-state index in [0.29, 0.717) is 6.42 Å². The van der Waals surface area contributed by atoms with E-state index >= 15 is 0 Å². The molecule has 0 aliphatic rings. The van der Waals surface area contributed by atoms with E-state index in [0.717, 1.165) is 19.3 Å². The quantitative estimate of drug-likeness (QED) is 0.337. The number of carboxylic acid groups (broad SMARTS) is 1. The van der Waals surface area contributed by atoms with Gasteiger partial charge in [-0.15, -0.1) is 0 Å². The third kappa shape index (κ3) is 10.9. The zero-order chi connectivity index (χ0) is 15.2. The Labute approximate surface area is 121 Å². The zero-order valence-electron chi connectivity index (χ0n) is 12.6. The Hall–Kier alpha value is -0.930. The molecular formula is C16H28F2O2. The highest BCUT2D eigenvalue weighted by Crippen LogP contribution is 2.17. The van der Waals surface area contributed by atoms with Crippen LogP contribution in [0.3, 0.4) is 0 Å². The molecule has 0 saturated carbocycles. The molecule has 0 aromatic carbocycles. The lowest BCUT2D eigenvalue weighted by atomic mass is 10.0. The number of aliphatic carboxylic acids is 1. The highest BCUT2D eigenvalue weighted by molar-refractivity contribution is 5.86. The molecular weight excluding hydrogens is 262 g/mol. The average Bonchev–Trinajstić information content (AvgIpc) is 2.39. The molecule has 0 amide bonds. The van der Waals surface area contributed by atoms with Crippen molar-refractivity contribution in [3.63, 3.8) is 0 Å². The number of unbranched alkanes of at least 4 members (excludes halogenated alkanes) is 10. The Morgan fingerprint density at radius 2 is 1.20 bits per heavy atom. The van der Waals surface area contributed by atoms with Crippen LogP contribution in [0.2, 0.25) is 0 Å². The third-order valence-electron chi connectivity index (χ3n) is 3.52. The van der Waals surface area contributed by atoms with Crippen LogP contribution in [0.4, 0.5) is 8.78 Å². The van der Waals surface area contributed by atoms with Gasteiger partial charge < -0.3 is 5.11 Å². The van der Waals surface area contributed by atoms with Gasteiger partial charge >= 0.3 is 5.97 Å². The first kappa shape index (κ1) is 19.1. The molecule has 0 spiro atoms. The fraction of sp³-hybridized carbons (Fsp3) is 0.812. The summed E-state index contributed by atoms with van der Waals surface area (Å²) in [6, 6.07) is 0. The van der Waals surface area contributed by atoms with Crippen molar-refractivity contribution in [1.29, 1.82) is 0 Å². The van der Waals surface area contributed by atoms with Crippen molar-refractivity contribution >= 4 is 5.97 Å². The van der Waals surface area contributed by atoms with E-state index in [1.165, 1.54) is 44.9 Å². The van der Waals surface area contributed by atoms with Crippen LogP contribution in [0.15, 0.2) is 11.7 Å². The highest BCUT2D eigenvalue weighted by atomic mass is 19.3. The molecule has 0 aliphatic carbocycles. The maximum Gasteiger partial charge on any atom is 0.337 e. The second-order valence-corrected chi connectivity index (χ2v) is 5.33. The van der Waals surface area contributed by atoms with E-state index < -0.39 is 17.6 Å². The largest absolute Gasteiger partial charge is 0.478 e. The molecule has 0 saturated heterocycles. The summed E-state index contributed by atoms with van der Waals surface area (Å²) in [5.41, 5.74) is -0.721. The van der Waals surface area contributed by atoms with Crippen LogP contribution < -0.4 is 0 Å². The summed E-state index contributed by atoms with van der Waals surface area (Å²) in [7, 11) is 0. The Morgan fingerprint density at radius 1 is 0.800 bits per heavy atom. The summed E-state index contributed by atoms with van der Waals surface area (Å²) < 4.78 is 24.5. The Bertz CT molecular complexity index is 284. The van der Waals surface area contributed by atoms with Crippen molar-refractivity contribution in [2.75, 3.05) is 0 Å². The van der Waals surface area contributed by atoms with Gasteiger partial charge in [0, 0.05) is 0 Å². The lowest BCUT2D eigenvalue weighted by Gasteiger charge is -2.03. The predicted molar refractivity (Wildman–Crippen MR) is 78.0 cm³/mol. The molecule has 0 aromatic heterocycles. The van der Waals surface area contributed by atoms with Gasteiger partial charge in [0.2, 0.25) is 0 Å². The molecule has 1 N–H and O–H groups in total. The normalized spacial score (nSPS) is 10.6. The van der Waals surface area contributed by atoms with Crippen molar-refractivity contribution in [2.45, 2.75) is 84.0 Å². The van der Waals surface area contributed by atoms with Crippen molar-refractivity contribution in [3.05, 3.63) is 11.7 Å². The minimum Gasteiger partial charge on any atom is -0.478 e. The summed E-state index contributed by atoms with van der Waals surface area (Å²) in [6.45, 7) is 2.21. The van der Waals surface area contributed by atoms with Gasteiger partial charge in [-0.05, 0) is 12.8 Å². The molecule has 0 unspecified atom stereocenters. The number of halogens is 2. The van der Waals surface area contributed by atoms with E-state index in [1.807, 2.05) is 0 Å². The second kappa shape index (κ2) is 13.1. The molecule has 2 nitrogen and oxygen atoms in total. The van der Waals surface area contributed by atoms with Gasteiger partial charge in [0.05, 0.1) is 0 Å². The van der Waals surface area contributed by atoms with E-state index in [2.05, 4.69) is 6.92 Å². The van der Waals surface area contributed by atoms with Crippen molar-refractivity contribution in [1.82, 2.24) is 0 Å². The summed E-state index contributed by atoms with van der Waals surface area (Å²) in [4.78, 5) is 10.5. The highest BCUT2D eigenvalue weighted by Gasteiger charge is 2.13. The maximum absolute atomic E-state index is 12.3. The molecule has 0 atom stereocenters. The molecule has 0 radical (unpaired) electrons. The average molecular weight is 290 g/mol. The van der Waals surface area contributed by atoms with Crippen LogP contribution >= 0.6 is 0 Å². The summed E-state index contributed by atoms with van der Waals surface area (Å²) in [5, 5.41) is 8.57. The van der Waals surface area contributed by atoms with Crippen LogP contribution in [0.25, 0.3) is 0 Å². The Morgan fingerprint density at radius 3 is 1.55 bits per heavy atom. The van der Waals surface area contributed by atoms with Crippen molar-refractivity contribution in [3.8, 4) is 0 Å². The molecule has 20 heavy (non-hydrogen) atoms. The van der Waals surface area contributed by atoms with Gasteiger partial charge in [-0.3, -0.25) is 0 Å².